The fourth-order valence-electron chi connectivity index (χ4n) is 3.74. The number of ether oxygens (including phenoxy) is 1. The third-order valence-corrected chi connectivity index (χ3v) is 5.83. The first-order valence-electron chi connectivity index (χ1n) is 9.39. The van der Waals surface area contributed by atoms with E-state index in [9.17, 15) is 10.0 Å². The topological polar surface area (TPSA) is 70.8 Å². The minimum atomic E-state index is -1.58. The molecule has 0 unspecified atom stereocenters. The van der Waals surface area contributed by atoms with Crippen LogP contribution in [0.2, 0.25) is 5.02 Å². The molecule has 0 bridgehead atoms. The van der Waals surface area contributed by atoms with Crippen LogP contribution < -0.4 is 10.4 Å². The van der Waals surface area contributed by atoms with Crippen molar-refractivity contribution in [3.63, 3.8) is 0 Å². The van der Waals surface area contributed by atoms with Crippen LogP contribution in [-0.4, -0.2) is 53.0 Å². The zero-order chi connectivity index (χ0) is 19.8. The number of aryl methyl sites for hydroxylation is 1. The normalized spacial score (nSPS) is 14.7. The molecule has 8 heteroatoms. The summed E-state index contributed by atoms with van der Waals surface area (Å²) in [6.45, 7) is 7.42. The first-order valence-corrected chi connectivity index (χ1v) is 9.77. The zero-order valence-electron chi connectivity index (χ0n) is 16.0. The Hall–Kier alpha value is -2.06. The Morgan fingerprint density at radius 2 is 1.93 bits per heavy atom. The fraction of sp³-hybridized carbons (Fsp3) is 0.350. The molecule has 28 heavy (non-hydrogen) atoms. The number of fused-ring (bicyclic) bond motifs is 1. The maximum absolute atomic E-state index is 9.96. The van der Waals surface area contributed by atoms with Crippen molar-refractivity contribution >= 4 is 40.9 Å². The van der Waals surface area contributed by atoms with Crippen molar-refractivity contribution in [2.75, 3.05) is 31.2 Å². The van der Waals surface area contributed by atoms with Gasteiger partial charge in [-0.15, -0.1) is 0 Å². The van der Waals surface area contributed by atoms with Gasteiger partial charge in [0.2, 0.25) is 0 Å². The van der Waals surface area contributed by atoms with Crippen molar-refractivity contribution in [1.82, 2.24) is 9.55 Å². The summed E-state index contributed by atoms with van der Waals surface area (Å²) >= 11 is 6.30. The van der Waals surface area contributed by atoms with Gasteiger partial charge in [-0.1, -0.05) is 23.7 Å². The van der Waals surface area contributed by atoms with E-state index in [1.54, 1.807) is 0 Å². The number of anilines is 1. The van der Waals surface area contributed by atoms with Gasteiger partial charge in [-0.25, -0.2) is 4.98 Å². The molecule has 2 heterocycles. The second-order valence-electron chi connectivity index (χ2n) is 7.14. The summed E-state index contributed by atoms with van der Waals surface area (Å²) in [4.78, 5) is 6.84. The molecular formula is C20H23BClN3O3. The quantitative estimate of drug-likeness (QED) is 0.656. The predicted molar refractivity (Wildman–Crippen MR) is 113 cm³/mol. The number of halogens is 1. The Morgan fingerprint density at radius 1 is 1.18 bits per heavy atom. The highest BCUT2D eigenvalue weighted by atomic mass is 35.5. The largest absolute Gasteiger partial charge is 0.490 e. The minimum Gasteiger partial charge on any atom is -0.423 e. The highest BCUT2D eigenvalue weighted by molar-refractivity contribution is 6.61. The third-order valence-electron chi connectivity index (χ3n) is 5.42. The van der Waals surface area contributed by atoms with Crippen LogP contribution in [-0.2, 0) is 11.3 Å². The molecule has 2 aromatic carbocycles. The van der Waals surface area contributed by atoms with Gasteiger partial charge < -0.3 is 24.3 Å². The minimum absolute atomic E-state index is 0.420. The molecular weight excluding hydrogens is 377 g/mol. The van der Waals surface area contributed by atoms with E-state index in [0.717, 1.165) is 46.3 Å². The number of hydrogen-bond donors (Lipinski definition) is 2. The lowest BCUT2D eigenvalue weighted by Crippen LogP contribution is -2.38. The SMILES string of the molecule is Cc1c(Cl)cccc1Cn1c(C)nc2c(B(O)O)cc(N3CCOCC3)cc21. The van der Waals surface area contributed by atoms with Crippen molar-refractivity contribution in [3.8, 4) is 0 Å². The number of benzene rings is 2. The second-order valence-corrected chi connectivity index (χ2v) is 7.55. The number of morpholine rings is 1. The Morgan fingerprint density at radius 3 is 2.64 bits per heavy atom. The van der Waals surface area contributed by atoms with Crippen LogP contribution in [0.1, 0.15) is 17.0 Å². The summed E-state index contributed by atoms with van der Waals surface area (Å²) in [5.41, 5.74) is 5.01. The van der Waals surface area contributed by atoms with Crippen molar-refractivity contribution in [3.05, 3.63) is 52.3 Å². The van der Waals surface area contributed by atoms with Gasteiger partial charge in [0.15, 0.2) is 0 Å². The van der Waals surface area contributed by atoms with Crippen LogP contribution in [0.4, 0.5) is 5.69 Å². The zero-order valence-corrected chi connectivity index (χ0v) is 16.8. The lowest BCUT2D eigenvalue weighted by atomic mass is 9.79. The van der Waals surface area contributed by atoms with Gasteiger partial charge >= 0.3 is 7.12 Å². The van der Waals surface area contributed by atoms with Gasteiger partial charge in [-0.05, 0) is 43.2 Å². The van der Waals surface area contributed by atoms with Crippen LogP contribution in [0, 0.1) is 13.8 Å². The molecule has 0 amide bonds. The number of hydrogen-bond acceptors (Lipinski definition) is 5. The van der Waals surface area contributed by atoms with Crippen molar-refractivity contribution < 1.29 is 14.8 Å². The van der Waals surface area contributed by atoms with E-state index in [4.69, 9.17) is 16.3 Å². The molecule has 1 fully saturated rings. The molecule has 146 valence electrons. The lowest BCUT2D eigenvalue weighted by molar-refractivity contribution is 0.122. The molecule has 1 aliphatic rings. The molecule has 0 radical (unpaired) electrons. The van der Waals surface area contributed by atoms with Gasteiger partial charge in [-0.3, -0.25) is 0 Å². The summed E-state index contributed by atoms with van der Waals surface area (Å²) < 4.78 is 7.55. The highest BCUT2D eigenvalue weighted by Crippen LogP contribution is 2.26. The number of nitrogens with zero attached hydrogens (tertiary/aromatic N) is 3. The van der Waals surface area contributed by atoms with E-state index in [-0.39, 0.29) is 0 Å². The average Bonchev–Trinajstić information content (AvgIpc) is 3.00. The van der Waals surface area contributed by atoms with Crippen molar-refractivity contribution in [1.29, 1.82) is 0 Å². The average molecular weight is 400 g/mol. The maximum atomic E-state index is 9.96. The predicted octanol–water partition coefficient (Wildman–Crippen LogP) is 1.87. The molecule has 0 atom stereocenters. The van der Waals surface area contributed by atoms with Gasteiger partial charge in [0, 0.05) is 35.8 Å². The van der Waals surface area contributed by atoms with Gasteiger partial charge in [0.25, 0.3) is 0 Å². The van der Waals surface area contributed by atoms with Crippen LogP contribution in [0.5, 0.6) is 0 Å². The van der Waals surface area contributed by atoms with E-state index < -0.39 is 7.12 Å². The second kappa shape index (κ2) is 7.76. The Balaban J connectivity index is 1.85. The van der Waals surface area contributed by atoms with Gasteiger partial charge in [0.1, 0.15) is 5.82 Å². The van der Waals surface area contributed by atoms with E-state index >= 15 is 0 Å². The summed E-state index contributed by atoms with van der Waals surface area (Å²) in [6, 6.07) is 9.78. The van der Waals surface area contributed by atoms with Crippen LogP contribution in [0.25, 0.3) is 11.0 Å². The Bertz CT molecular complexity index is 1020. The third kappa shape index (κ3) is 3.51. The molecule has 1 saturated heterocycles. The highest BCUT2D eigenvalue weighted by Gasteiger charge is 2.23. The van der Waals surface area contributed by atoms with E-state index in [2.05, 4.69) is 26.6 Å². The maximum Gasteiger partial charge on any atom is 0.490 e. The Labute approximate surface area is 169 Å². The molecule has 6 nitrogen and oxygen atoms in total. The van der Waals surface area contributed by atoms with Crippen molar-refractivity contribution in [2.24, 2.45) is 0 Å². The fourth-order valence-corrected chi connectivity index (χ4v) is 3.94. The monoisotopic (exact) mass is 399 g/mol. The van der Waals surface area contributed by atoms with Gasteiger partial charge in [-0.2, -0.15) is 0 Å². The van der Waals surface area contributed by atoms with Crippen LogP contribution >= 0.6 is 11.6 Å². The number of aromatic nitrogens is 2. The standard InChI is InChI=1S/C20H23BClN3O3/c1-13-15(4-3-5-18(13)22)12-25-14(2)23-20-17(21(26)27)10-16(11-19(20)25)24-6-8-28-9-7-24/h3-5,10-11,26-27H,6-9,12H2,1-2H3. The molecule has 3 aromatic rings. The van der Waals surface area contributed by atoms with Crippen LogP contribution in [0.15, 0.2) is 30.3 Å². The molecule has 1 aliphatic heterocycles. The summed E-state index contributed by atoms with van der Waals surface area (Å²) in [6.07, 6.45) is 0. The molecule has 4 rings (SSSR count). The molecule has 2 N–H and O–H groups in total. The van der Waals surface area contributed by atoms with E-state index in [0.29, 0.717) is 30.7 Å². The number of rotatable bonds is 4. The summed E-state index contributed by atoms with van der Waals surface area (Å²) in [7, 11) is -1.58. The molecule has 0 saturated carbocycles. The van der Waals surface area contributed by atoms with Crippen LogP contribution in [0.3, 0.4) is 0 Å². The van der Waals surface area contributed by atoms with Crippen molar-refractivity contribution in [2.45, 2.75) is 20.4 Å². The molecule has 1 aromatic heterocycles. The summed E-state index contributed by atoms with van der Waals surface area (Å²) in [5, 5.41) is 20.7. The van der Waals surface area contributed by atoms with E-state index in [1.165, 1.54) is 0 Å². The van der Waals surface area contributed by atoms with Gasteiger partial charge in [0.05, 0.1) is 24.2 Å². The molecule has 0 spiro atoms. The molecule has 0 aliphatic carbocycles. The smallest absolute Gasteiger partial charge is 0.423 e. The number of imidazole rings is 1. The first kappa shape index (κ1) is 19.3. The Kier molecular flexibility index (Phi) is 5.34. The van der Waals surface area contributed by atoms with E-state index in [1.807, 2.05) is 32.0 Å². The first-order chi connectivity index (χ1) is 13.5. The summed E-state index contributed by atoms with van der Waals surface area (Å²) in [5.74, 6) is 0.815. The lowest BCUT2D eigenvalue weighted by Gasteiger charge is -2.29.